The number of hydrogen-bond acceptors (Lipinski definition) is 3. The predicted octanol–water partition coefficient (Wildman–Crippen LogP) is 3.00. The first-order chi connectivity index (χ1) is 12.5. The van der Waals surface area contributed by atoms with Gasteiger partial charge in [-0.1, -0.05) is 37.3 Å². The summed E-state index contributed by atoms with van der Waals surface area (Å²) < 4.78 is 26.4. The van der Waals surface area contributed by atoms with E-state index in [1.54, 1.807) is 19.1 Å². The zero-order valence-corrected chi connectivity index (χ0v) is 15.7. The minimum Gasteiger partial charge on any atom is -0.339 e. The lowest BCUT2D eigenvalue weighted by Crippen LogP contribution is -2.37. The van der Waals surface area contributed by atoms with E-state index in [2.05, 4.69) is 29.0 Å². The van der Waals surface area contributed by atoms with Gasteiger partial charge in [0.25, 0.3) is 5.91 Å². The summed E-state index contributed by atoms with van der Waals surface area (Å²) in [6.45, 7) is 3.50. The van der Waals surface area contributed by atoms with Crippen LogP contribution in [0.15, 0.2) is 59.5 Å². The molecule has 26 heavy (non-hydrogen) atoms. The summed E-state index contributed by atoms with van der Waals surface area (Å²) in [5.41, 5.74) is 1.86. The van der Waals surface area contributed by atoms with E-state index in [1.807, 2.05) is 11.0 Å². The molecule has 2 aromatic carbocycles. The molecular formula is C20H24N2O3S. The summed E-state index contributed by atoms with van der Waals surface area (Å²) in [4.78, 5) is 14.7. The van der Waals surface area contributed by atoms with Gasteiger partial charge in [0, 0.05) is 25.2 Å². The average molecular weight is 372 g/mol. The number of nitrogens with one attached hydrogen (secondary N) is 1. The normalized spacial score (nSPS) is 15.8. The monoisotopic (exact) mass is 372 g/mol. The number of benzene rings is 2. The molecule has 1 fully saturated rings. The maximum Gasteiger partial charge on any atom is 0.253 e. The van der Waals surface area contributed by atoms with Crippen molar-refractivity contribution in [2.24, 2.45) is 0 Å². The van der Waals surface area contributed by atoms with E-state index in [0.717, 1.165) is 25.9 Å². The van der Waals surface area contributed by atoms with Gasteiger partial charge in [-0.05, 0) is 48.6 Å². The second-order valence-corrected chi connectivity index (χ2v) is 8.27. The maximum absolute atomic E-state index is 12.7. The summed E-state index contributed by atoms with van der Waals surface area (Å²) >= 11 is 0. The number of carbonyl (C=O) groups is 1. The molecule has 0 spiro atoms. The fraction of sp³-hybridized carbons (Fsp3) is 0.350. The van der Waals surface area contributed by atoms with Crippen LogP contribution >= 0.6 is 0 Å². The molecule has 1 heterocycles. The Balaban J connectivity index is 1.64. The van der Waals surface area contributed by atoms with E-state index in [9.17, 15) is 13.2 Å². The molecule has 3 rings (SSSR count). The van der Waals surface area contributed by atoms with Crippen molar-refractivity contribution in [1.29, 1.82) is 0 Å². The van der Waals surface area contributed by atoms with Crippen LogP contribution in [0.5, 0.6) is 0 Å². The molecule has 0 aromatic heterocycles. The zero-order chi connectivity index (χ0) is 18.6. The van der Waals surface area contributed by atoms with Crippen LogP contribution in [0.2, 0.25) is 0 Å². The molecule has 138 valence electrons. The van der Waals surface area contributed by atoms with Gasteiger partial charge in [0.1, 0.15) is 0 Å². The Morgan fingerprint density at radius 2 is 1.65 bits per heavy atom. The Kier molecular flexibility index (Phi) is 5.74. The molecule has 1 amide bonds. The smallest absolute Gasteiger partial charge is 0.253 e. The lowest BCUT2D eigenvalue weighted by molar-refractivity contribution is 0.0713. The van der Waals surface area contributed by atoms with Crippen molar-refractivity contribution in [3.05, 3.63) is 65.7 Å². The molecule has 0 unspecified atom stereocenters. The lowest BCUT2D eigenvalue weighted by Gasteiger charge is -2.32. The van der Waals surface area contributed by atoms with Crippen LogP contribution in [-0.2, 0) is 10.0 Å². The number of piperidine rings is 1. The number of amides is 1. The summed E-state index contributed by atoms with van der Waals surface area (Å²) in [7, 11) is -3.49. The number of sulfonamides is 1. The Morgan fingerprint density at radius 3 is 2.23 bits per heavy atom. The number of nitrogens with zero attached hydrogens (tertiary/aromatic N) is 1. The van der Waals surface area contributed by atoms with Gasteiger partial charge in [-0.15, -0.1) is 0 Å². The topological polar surface area (TPSA) is 66.5 Å². The lowest BCUT2D eigenvalue weighted by atomic mass is 9.89. The molecule has 1 aliphatic heterocycles. The Labute approximate surface area is 155 Å². The minimum atomic E-state index is -3.49. The van der Waals surface area contributed by atoms with Crippen LogP contribution in [0.3, 0.4) is 0 Å². The van der Waals surface area contributed by atoms with Gasteiger partial charge < -0.3 is 4.90 Å². The molecule has 0 bridgehead atoms. The molecule has 1 aliphatic rings. The van der Waals surface area contributed by atoms with Gasteiger partial charge >= 0.3 is 0 Å². The molecule has 1 N–H and O–H groups in total. The van der Waals surface area contributed by atoms with E-state index in [0.29, 0.717) is 18.0 Å². The van der Waals surface area contributed by atoms with Crippen molar-refractivity contribution in [1.82, 2.24) is 9.62 Å². The van der Waals surface area contributed by atoms with Crippen LogP contribution in [0.1, 0.15) is 41.6 Å². The molecule has 0 aliphatic carbocycles. The zero-order valence-electron chi connectivity index (χ0n) is 14.9. The first kappa shape index (κ1) is 18.6. The Morgan fingerprint density at radius 1 is 1.04 bits per heavy atom. The van der Waals surface area contributed by atoms with Crippen molar-refractivity contribution in [3.63, 3.8) is 0 Å². The quantitative estimate of drug-likeness (QED) is 0.877. The highest BCUT2D eigenvalue weighted by molar-refractivity contribution is 7.89. The average Bonchev–Trinajstić information content (AvgIpc) is 2.68. The molecule has 0 radical (unpaired) electrons. The highest BCUT2D eigenvalue weighted by Crippen LogP contribution is 2.28. The van der Waals surface area contributed by atoms with Crippen LogP contribution < -0.4 is 4.72 Å². The van der Waals surface area contributed by atoms with Crippen molar-refractivity contribution in [2.75, 3.05) is 19.6 Å². The summed E-state index contributed by atoms with van der Waals surface area (Å²) in [5.74, 6) is 0.455. The maximum atomic E-state index is 12.7. The standard InChI is InChI=1S/C20H24N2O3S/c1-2-21-26(24,25)19-10-8-18(9-11-19)20(23)22-14-12-17(13-15-22)16-6-4-3-5-7-16/h3-11,17,21H,2,12-15H2,1H3. The Hall–Kier alpha value is -2.18. The molecule has 5 nitrogen and oxygen atoms in total. The third kappa shape index (κ3) is 4.14. The van der Waals surface area contributed by atoms with Gasteiger partial charge in [0.05, 0.1) is 4.90 Å². The predicted molar refractivity (Wildman–Crippen MR) is 102 cm³/mol. The van der Waals surface area contributed by atoms with E-state index in [1.165, 1.54) is 17.7 Å². The minimum absolute atomic E-state index is 0.0380. The van der Waals surface area contributed by atoms with Gasteiger partial charge in [0.15, 0.2) is 0 Å². The fourth-order valence-electron chi connectivity index (χ4n) is 3.37. The second-order valence-electron chi connectivity index (χ2n) is 6.50. The highest BCUT2D eigenvalue weighted by atomic mass is 32.2. The third-order valence-corrected chi connectivity index (χ3v) is 6.36. The second kappa shape index (κ2) is 8.01. The number of hydrogen-bond donors (Lipinski definition) is 1. The number of likely N-dealkylation sites (tertiary alicyclic amines) is 1. The summed E-state index contributed by atoms with van der Waals surface area (Å²) in [6, 6.07) is 16.6. The highest BCUT2D eigenvalue weighted by Gasteiger charge is 2.24. The van der Waals surface area contributed by atoms with E-state index in [4.69, 9.17) is 0 Å². The largest absolute Gasteiger partial charge is 0.339 e. The number of rotatable bonds is 5. The van der Waals surface area contributed by atoms with E-state index >= 15 is 0 Å². The van der Waals surface area contributed by atoms with Crippen LogP contribution in [-0.4, -0.2) is 38.9 Å². The first-order valence-corrected chi connectivity index (χ1v) is 10.4. The van der Waals surface area contributed by atoms with Gasteiger partial charge in [0.2, 0.25) is 10.0 Å². The van der Waals surface area contributed by atoms with Crippen LogP contribution in [0, 0.1) is 0 Å². The molecule has 2 aromatic rings. The molecule has 0 saturated carbocycles. The van der Waals surface area contributed by atoms with Crippen molar-refractivity contribution >= 4 is 15.9 Å². The molecule has 0 atom stereocenters. The molecular weight excluding hydrogens is 348 g/mol. The van der Waals surface area contributed by atoms with Crippen molar-refractivity contribution in [2.45, 2.75) is 30.6 Å². The van der Waals surface area contributed by atoms with Crippen LogP contribution in [0.4, 0.5) is 0 Å². The molecule has 1 saturated heterocycles. The molecule has 6 heteroatoms. The third-order valence-electron chi connectivity index (χ3n) is 4.80. The SMILES string of the molecule is CCNS(=O)(=O)c1ccc(C(=O)N2CCC(c3ccccc3)CC2)cc1. The van der Waals surface area contributed by atoms with E-state index in [-0.39, 0.29) is 10.8 Å². The first-order valence-electron chi connectivity index (χ1n) is 8.95. The van der Waals surface area contributed by atoms with Crippen molar-refractivity contribution < 1.29 is 13.2 Å². The Bertz CT molecular complexity index is 840. The van der Waals surface area contributed by atoms with Gasteiger partial charge in [-0.3, -0.25) is 4.79 Å². The van der Waals surface area contributed by atoms with Crippen molar-refractivity contribution in [3.8, 4) is 0 Å². The van der Waals surface area contributed by atoms with Crippen LogP contribution in [0.25, 0.3) is 0 Å². The fourth-order valence-corrected chi connectivity index (χ4v) is 4.41. The summed E-state index contributed by atoms with van der Waals surface area (Å²) in [5, 5.41) is 0. The van der Waals surface area contributed by atoms with Gasteiger partial charge in [-0.25, -0.2) is 13.1 Å². The number of carbonyl (C=O) groups excluding carboxylic acids is 1. The van der Waals surface area contributed by atoms with Gasteiger partial charge in [-0.2, -0.15) is 0 Å². The summed E-state index contributed by atoms with van der Waals surface area (Å²) in [6.07, 6.45) is 1.89. The van der Waals surface area contributed by atoms with E-state index < -0.39 is 10.0 Å².